The second-order valence-electron chi connectivity index (χ2n) is 4.84. The third kappa shape index (κ3) is 3.15. The van der Waals surface area contributed by atoms with Crippen LogP contribution in [0.2, 0.25) is 5.02 Å². The standard InChI is InChI=1S/C16H15ClO2/c1-16(2,12-7-6-8-13(17)11-12)15(18)19-14-9-4-3-5-10-14/h3-11H,1-2H3. The summed E-state index contributed by atoms with van der Waals surface area (Å²) in [6, 6.07) is 16.3. The monoisotopic (exact) mass is 274 g/mol. The molecule has 0 atom stereocenters. The number of benzene rings is 2. The van der Waals surface area contributed by atoms with E-state index in [-0.39, 0.29) is 5.97 Å². The smallest absolute Gasteiger partial charge is 0.321 e. The molecule has 0 spiro atoms. The van der Waals surface area contributed by atoms with E-state index in [2.05, 4.69) is 0 Å². The second-order valence-corrected chi connectivity index (χ2v) is 5.27. The molecule has 2 aromatic rings. The zero-order valence-corrected chi connectivity index (χ0v) is 11.6. The van der Waals surface area contributed by atoms with Crippen LogP contribution in [0.1, 0.15) is 19.4 Å². The van der Waals surface area contributed by atoms with Crippen LogP contribution in [0.3, 0.4) is 0 Å². The number of ether oxygens (including phenoxy) is 1. The maximum absolute atomic E-state index is 12.3. The van der Waals surface area contributed by atoms with Gasteiger partial charge in [-0.1, -0.05) is 41.9 Å². The molecule has 0 aliphatic carbocycles. The molecule has 0 aromatic heterocycles. The summed E-state index contributed by atoms with van der Waals surface area (Å²) >= 11 is 5.96. The molecule has 19 heavy (non-hydrogen) atoms. The molecule has 0 heterocycles. The molecule has 2 rings (SSSR count). The van der Waals surface area contributed by atoms with Gasteiger partial charge < -0.3 is 4.74 Å². The van der Waals surface area contributed by atoms with Crippen molar-refractivity contribution < 1.29 is 9.53 Å². The Morgan fingerprint density at radius 2 is 1.74 bits per heavy atom. The van der Waals surface area contributed by atoms with Gasteiger partial charge in [-0.15, -0.1) is 0 Å². The number of hydrogen-bond acceptors (Lipinski definition) is 2. The Hall–Kier alpha value is -1.80. The molecule has 2 nitrogen and oxygen atoms in total. The average molecular weight is 275 g/mol. The molecule has 0 amide bonds. The Labute approximate surface area is 118 Å². The zero-order chi connectivity index (χ0) is 13.9. The molecule has 0 N–H and O–H groups in total. The third-order valence-electron chi connectivity index (χ3n) is 3.01. The van der Waals surface area contributed by atoms with Crippen molar-refractivity contribution >= 4 is 17.6 Å². The van der Waals surface area contributed by atoms with Crippen LogP contribution in [0.4, 0.5) is 0 Å². The van der Waals surface area contributed by atoms with Crippen LogP contribution in [0.5, 0.6) is 5.75 Å². The van der Waals surface area contributed by atoms with Crippen LogP contribution in [0, 0.1) is 0 Å². The van der Waals surface area contributed by atoms with Crippen LogP contribution < -0.4 is 4.74 Å². The first-order valence-corrected chi connectivity index (χ1v) is 6.41. The van der Waals surface area contributed by atoms with Gasteiger partial charge in [0, 0.05) is 5.02 Å². The average Bonchev–Trinajstić information content (AvgIpc) is 2.40. The molecule has 2 aromatic carbocycles. The fourth-order valence-electron chi connectivity index (χ4n) is 1.72. The van der Waals surface area contributed by atoms with Gasteiger partial charge in [0.15, 0.2) is 0 Å². The minimum Gasteiger partial charge on any atom is -0.426 e. The highest BCUT2D eigenvalue weighted by Crippen LogP contribution is 2.27. The number of esters is 1. The zero-order valence-electron chi connectivity index (χ0n) is 10.9. The van der Waals surface area contributed by atoms with Crippen molar-refractivity contribution in [1.82, 2.24) is 0 Å². The molecule has 0 unspecified atom stereocenters. The van der Waals surface area contributed by atoms with Gasteiger partial charge in [-0.05, 0) is 43.7 Å². The van der Waals surface area contributed by atoms with Crippen molar-refractivity contribution in [2.75, 3.05) is 0 Å². The van der Waals surface area contributed by atoms with E-state index in [1.165, 1.54) is 0 Å². The Kier molecular flexibility index (Phi) is 3.91. The van der Waals surface area contributed by atoms with E-state index in [4.69, 9.17) is 16.3 Å². The molecular weight excluding hydrogens is 260 g/mol. The lowest BCUT2D eigenvalue weighted by Gasteiger charge is -2.23. The molecule has 98 valence electrons. The first-order valence-electron chi connectivity index (χ1n) is 6.03. The minimum atomic E-state index is -0.749. The second kappa shape index (κ2) is 5.45. The summed E-state index contributed by atoms with van der Waals surface area (Å²) in [6.45, 7) is 3.65. The summed E-state index contributed by atoms with van der Waals surface area (Å²) in [5, 5.41) is 0.609. The van der Waals surface area contributed by atoms with E-state index in [1.807, 2.05) is 44.2 Å². The van der Waals surface area contributed by atoms with Crippen molar-refractivity contribution in [3.05, 3.63) is 65.2 Å². The van der Waals surface area contributed by atoms with Crippen LogP contribution in [-0.4, -0.2) is 5.97 Å². The predicted molar refractivity (Wildman–Crippen MR) is 76.6 cm³/mol. The summed E-state index contributed by atoms with van der Waals surface area (Å²) in [5.41, 5.74) is 0.0849. The molecule has 0 fully saturated rings. The lowest BCUT2D eigenvalue weighted by molar-refractivity contribution is -0.139. The van der Waals surface area contributed by atoms with Crippen molar-refractivity contribution in [3.63, 3.8) is 0 Å². The summed E-state index contributed by atoms with van der Waals surface area (Å²) < 4.78 is 5.39. The lowest BCUT2D eigenvalue weighted by Crippen LogP contribution is -2.33. The summed E-state index contributed by atoms with van der Waals surface area (Å²) in [6.07, 6.45) is 0. The minimum absolute atomic E-state index is 0.305. The molecule has 0 saturated carbocycles. The van der Waals surface area contributed by atoms with Gasteiger partial charge in [-0.2, -0.15) is 0 Å². The fourth-order valence-corrected chi connectivity index (χ4v) is 1.91. The number of rotatable bonds is 3. The van der Waals surface area contributed by atoms with E-state index < -0.39 is 5.41 Å². The Bertz CT molecular complexity index is 576. The van der Waals surface area contributed by atoms with Crippen LogP contribution in [0.15, 0.2) is 54.6 Å². The van der Waals surface area contributed by atoms with E-state index in [0.717, 1.165) is 5.56 Å². The van der Waals surface area contributed by atoms with Gasteiger partial charge in [-0.25, -0.2) is 0 Å². The van der Waals surface area contributed by atoms with Gasteiger partial charge in [0.2, 0.25) is 0 Å². The highest BCUT2D eigenvalue weighted by atomic mass is 35.5. The third-order valence-corrected chi connectivity index (χ3v) is 3.25. The first-order chi connectivity index (χ1) is 9.00. The highest BCUT2D eigenvalue weighted by Gasteiger charge is 2.32. The topological polar surface area (TPSA) is 26.3 Å². The summed E-state index contributed by atoms with van der Waals surface area (Å²) in [4.78, 5) is 12.3. The number of carbonyl (C=O) groups is 1. The summed E-state index contributed by atoms with van der Waals surface area (Å²) in [5.74, 6) is 0.239. The normalized spacial score (nSPS) is 11.1. The molecule has 0 saturated heterocycles. The van der Waals surface area contributed by atoms with Crippen LogP contribution >= 0.6 is 11.6 Å². The number of halogens is 1. The lowest BCUT2D eigenvalue weighted by atomic mass is 9.85. The van der Waals surface area contributed by atoms with Gasteiger partial charge in [-0.3, -0.25) is 4.79 Å². The van der Waals surface area contributed by atoms with Crippen molar-refractivity contribution in [2.24, 2.45) is 0 Å². The fraction of sp³-hybridized carbons (Fsp3) is 0.188. The Morgan fingerprint density at radius 3 is 2.37 bits per heavy atom. The predicted octanol–water partition coefficient (Wildman–Crippen LogP) is 4.22. The van der Waals surface area contributed by atoms with Gasteiger partial charge in [0.25, 0.3) is 0 Å². The van der Waals surface area contributed by atoms with Crippen molar-refractivity contribution in [2.45, 2.75) is 19.3 Å². The number of carbonyl (C=O) groups excluding carboxylic acids is 1. The molecule has 3 heteroatoms. The molecular formula is C16H15ClO2. The van der Waals surface area contributed by atoms with E-state index in [1.54, 1.807) is 24.3 Å². The maximum atomic E-state index is 12.3. The quantitative estimate of drug-likeness (QED) is 0.619. The Balaban J connectivity index is 2.22. The first kappa shape index (κ1) is 13.6. The largest absolute Gasteiger partial charge is 0.426 e. The number of hydrogen-bond donors (Lipinski definition) is 0. The maximum Gasteiger partial charge on any atom is 0.321 e. The molecule has 0 aliphatic heterocycles. The SMILES string of the molecule is CC(C)(C(=O)Oc1ccccc1)c1cccc(Cl)c1. The molecule has 0 radical (unpaired) electrons. The van der Waals surface area contributed by atoms with Crippen LogP contribution in [0.25, 0.3) is 0 Å². The molecule has 0 aliphatic rings. The van der Waals surface area contributed by atoms with E-state index >= 15 is 0 Å². The van der Waals surface area contributed by atoms with Gasteiger partial charge in [0.1, 0.15) is 5.75 Å². The van der Waals surface area contributed by atoms with E-state index in [9.17, 15) is 4.79 Å². The van der Waals surface area contributed by atoms with Crippen molar-refractivity contribution in [3.8, 4) is 5.75 Å². The van der Waals surface area contributed by atoms with Crippen molar-refractivity contribution in [1.29, 1.82) is 0 Å². The van der Waals surface area contributed by atoms with E-state index in [0.29, 0.717) is 10.8 Å². The molecule has 0 bridgehead atoms. The summed E-state index contributed by atoms with van der Waals surface area (Å²) in [7, 11) is 0. The van der Waals surface area contributed by atoms with Gasteiger partial charge >= 0.3 is 5.97 Å². The highest BCUT2D eigenvalue weighted by molar-refractivity contribution is 6.30. The van der Waals surface area contributed by atoms with Gasteiger partial charge in [0.05, 0.1) is 5.41 Å². The van der Waals surface area contributed by atoms with Crippen LogP contribution in [-0.2, 0) is 10.2 Å². The Morgan fingerprint density at radius 1 is 1.05 bits per heavy atom. The number of para-hydroxylation sites is 1.